The third kappa shape index (κ3) is 6.67. The van der Waals surface area contributed by atoms with Crippen LogP contribution in [-0.4, -0.2) is 40.8 Å². The van der Waals surface area contributed by atoms with Crippen molar-refractivity contribution in [2.45, 2.75) is 73.5 Å². The number of likely N-dealkylation sites (tertiary alicyclic amines) is 1. The number of benzene rings is 3. The van der Waals surface area contributed by atoms with Crippen LogP contribution in [0.15, 0.2) is 79.1 Å². The van der Waals surface area contributed by atoms with Crippen LogP contribution in [0.1, 0.15) is 57.3 Å². The fourth-order valence-electron chi connectivity index (χ4n) is 7.13. The Morgan fingerprint density at radius 3 is 1.96 bits per heavy atom. The van der Waals surface area contributed by atoms with Crippen molar-refractivity contribution in [2.24, 2.45) is 0 Å². The summed E-state index contributed by atoms with van der Waals surface area (Å²) in [4.78, 5) is 14.8. The lowest BCUT2D eigenvalue weighted by Gasteiger charge is -2.40. The van der Waals surface area contributed by atoms with Gasteiger partial charge < -0.3 is 14.4 Å². The lowest BCUT2D eigenvalue weighted by molar-refractivity contribution is 0.174. The molecule has 0 aliphatic carbocycles. The van der Waals surface area contributed by atoms with Crippen molar-refractivity contribution >= 4 is 5.69 Å². The summed E-state index contributed by atoms with van der Waals surface area (Å²) in [6.07, 6.45) is 6.17. The fourth-order valence-corrected chi connectivity index (χ4v) is 7.13. The summed E-state index contributed by atoms with van der Waals surface area (Å²) in [6.45, 7) is 17.2. The average molecular weight is 639 g/mol. The molecule has 0 amide bonds. The number of aromatic nitrogens is 2. The molecule has 3 aromatic carbocycles. The van der Waals surface area contributed by atoms with E-state index in [1.54, 1.807) is 0 Å². The minimum Gasteiger partial charge on any atom is -0.454 e. The van der Waals surface area contributed by atoms with Crippen molar-refractivity contribution in [1.82, 2.24) is 14.9 Å². The Bertz CT molecular complexity index is 1900. The number of piperidine rings is 1. The molecule has 6 nitrogen and oxygen atoms in total. The third-order valence-electron chi connectivity index (χ3n) is 10.5. The summed E-state index contributed by atoms with van der Waals surface area (Å²) in [5.41, 5.74) is 16.0. The molecule has 0 radical (unpaired) electrons. The molecular formula is C42H46N4O2. The van der Waals surface area contributed by atoms with Gasteiger partial charge in [0.15, 0.2) is 11.5 Å². The van der Waals surface area contributed by atoms with Crippen molar-refractivity contribution in [3.8, 4) is 34.0 Å². The topological polar surface area (TPSA) is 50.7 Å². The zero-order valence-corrected chi connectivity index (χ0v) is 29.1. The lowest BCUT2D eigenvalue weighted by atomic mass is 9.98. The average Bonchev–Trinajstić information content (AvgIpc) is 3.57. The lowest BCUT2D eigenvalue weighted by Crippen LogP contribution is -2.44. The van der Waals surface area contributed by atoms with E-state index in [1.807, 2.05) is 18.5 Å². The van der Waals surface area contributed by atoms with Crippen LogP contribution in [0.4, 0.5) is 5.69 Å². The molecule has 0 bridgehead atoms. The normalized spacial score (nSPS) is 14.8. The Kier molecular flexibility index (Phi) is 8.93. The third-order valence-corrected chi connectivity index (χ3v) is 10.5. The Labute approximate surface area is 285 Å². The van der Waals surface area contributed by atoms with Crippen molar-refractivity contribution in [1.29, 1.82) is 0 Å². The van der Waals surface area contributed by atoms with Crippen molar-refractivity contribution in [3.05, 3.63) is 124 Å². The van der Waals surface area contributed by atoms with Gasteiger partial charge in [-0.2, -0.15) is 0 Å². The van der Waals surface area contributed by atoms with Crippen molar-refractivity contribution in [3.63, 3.8) is 0 Å². The molecule has 48 heavy (non-hydrogen) atoms. The monoisotopic (exact) mass is 638 g/mol. The molecule has 1 fully saturated rings. The molecule has 1 saturated heterocycles. The number of anilines is 1. The summed E-state index contributed by atoms with van der Waals surface area (Å²) >= 11 is 0. The highest BCUT2D eigenvalue weighted by Gasteiger charge is 2.27. The van der Waals surface area contributed by atoms with Crippen molar-refractivity contribution in [2.75, 3.05) is 24.8 Å². The standard InChI is InChI=1S/C42H46N4O2/c1-27-17-35(18-28(2)31(27)5)39-9-7-34(23-44-39)25-46(38-8-10-41-42(22-38)48-26-47-41)37-12-15-45(16-13-37)24-33-11-14-43-40(21-33)36-19-29(3)32(6)30(4)20-36/h7-11,14,17-23,37H,12-13,15-16,24-26H2,1-6H3. The van der Waals surface area contributed by atoms with Gasteiger partial charge in [-0.3, -0.25) is 14.9 Å². The minimum absolute atomic E-state index is 0.278. The van der Waals surface area contributed by atoms with Crippen LogP contribution in [0, 0.1) is 41.5 Å². The summed E-state index contributed by atoms with van der Waals surface area (Å²) in [7, 11) is 0. The number of pyridine rings is 2. The van der Waals surface area contributed by atoms with E-state index in [0.717, 1.165) is 67.6 Å². The van der Waals surface area contributed by atoms with Gasteiger partial charge in [0.2, 0.25) is 6.79 Å². The van der Waals surface area contributed by atoms with Gasteiger partial charge in [-0.15, -0.1) is 0 Å². The molecule has 4 heterocycles. The zero-order valence-electron chi connectivity index (χ0n) is 29.1. The number of ether oxygens (including phenoxy) is 2. The number of aryl methyl sites for hydroxylation is 4. The molecule has 6 heteroatoms. The van der Waals surface area contributed by atoms with Crippen LogP contribution >= 0.6 is 0 Å². The van der Waals surface area contributed by atoms with E-state index in [4.69, 9.17) is 19.4 Å². The summed E-state index contributed by atoms with van der Waals surface area (Å²) < 4.78 is 11.4. The highest BCUT2D eigenvalue weighted by atomic mass is 16.7. The molecule has 246 valence electrons. The van der Waals surface area contributed by atoms with Gasteiger partial charge in [0.05, 0.1) is 11.4 Å². The predicted molar refractivity (Wildman–Crippen MR) is 195 cm³/mol. The molecule has 2 aromatic heterocycles. The van der Waals surface area contributed by atoms with Gasteiger partial charge in [0, 0.05) is 67.5 Å². The Morgan fingerprint density at radius 1 is 0.667 bits per heavy atom. The highest BCUT2D eigenvalue weighted by Crippen LogP contribution is 2.38. The van der Waals surface area contributed by atoms with Crippen LogP contribution < -0.4 is 14.4 Å². The van der Waals surface area contributed by atoms with Gasteiger partial charge in [0.25, 0.3) is 0 Å². The smallest absolute Gasteiger partial charge is 0.231 e. The maximum atomic E-state index is 5.79. The number of fused-ring (bicyclic) bond motifs is 1. The molecule has 2 aliphatic rings. The van der Waals surface area contributed by atoms with E-state index in [1.165, 1.54) is 55.6 Å². The van der Waals surface area contributed by atoms with Gasteiger partial charge in [-0.25, -0.2) is 0 Å². The first-order chi connectivity index (χ1) is 23.2. The maximum Gasteiger partial charge on any atom is 0.231 e. The summed E-state index contributed by atoms with van der Waals surface area (Å²) in [5.74, 6) is 1.64. The maximum absolute atomic E-state index is 5.79. The second kappa shape index (κ2) is 13.4. The zero-order chi connectivity index (χ0) is 33.4. The van der Waals surface area contributed by atoms with E-state index in [-0.39, 0.29) is 6.79 Å². The largest absolute Gasteiger partial charge is 0.454 e. The second-order valence-electron chi connectivity index (χ2n) is 13.7. The van der Waals surface area contributed by atoms with Crippen LogP contribution in [0.3, 0.4) is 0 Å². The van der Waals surface area contributed by atoms with E-state index < -0.39 is 0 Å². The minimum atomic E-state index is 0.278. The molecule has 7 rings (SSSR count). The number of hydrogen-bond acceptors (Lipinski definition) is 6. The Morgan fingerprint density at radius 2 is 1.31 bits per heavy atom. The number of nitrogens with zero attached hydrogens (tertiary/aromatic N) is 4. The molecule has 5 aromatic rings. The number of hydrogen-bond donors (Lipinski definition) is 0. The molecule has 0 spiro atoms. The van der Waals surface area contributed by atoms with Crippen LogP contribution in [-0.2, 0) is 13.1 Å². The van der Waals surface area contributed by atoms with E-state index in [9.17, 15) is 0 Å². The summed E-state index contributed by atoms with van der Waals surface area (Å²) in [5, 5.41) is 0. The quantitative estimate of drug-likeness (QED) is 0.169. The predicted octanol–water partition coefficient (Wildman–Crippen LogP) is 9.06. The fraction of sp³-hybridized carbons (Fsp3) is 0.333. The van der Waals surface area contributed by atoms with E-state index in [0.29, 0.717) is 6.04 Å². The Hall–Kier alpha value is -4.68. The van der Waals surface area contributed by atoms with Crippen LogP contribution in [0.25, 0.3) is 22.5 Å². The van der Waals surface area contributed by atoms with Crippen LogP contribution in [0.2, 0.25) is 0 Å². The van der Waals surface area contributed by atoms with Crippen molar-refractivity contribution < 1.29 is 9.47 Å². The second-order valence-corrected chi connectivity index (χ2v) is 13.7. The molecule has 2 aliphatic heterocycles. The molecule has 0 unspecified atom stereocenters. The first-order valence-electron chi connectivity index (χ1n) is 17.2. The molecule has 0 saturated carbocycles. The first kappa shape index (κ1) is 31.9. The molecule has 0 N–H and O–H groups in total. The Balaban J connectivity index is 1.07. The van der Waals surface area contributed by atoms with E-state index >= 15 is 0 Å². The molecular weight excluding hydrogens is 592 g/mol. The van der Waals surface area contributed by atoms with Crippen LogP contribution in [0.5, 0.6) is 11.5 Å². The van der Waals surface area contributed by atoms with Gasteiger partial charge >= 0.3 is 0 Å². The summed E-state index contributed by atoms with van der Waals surface area (Å²) in [6, 6.07) is 24.6. The van der Waals surface area contributed by atoms with Gasteiger partial charge in [0.1, 0.15) is 0 Å². The number of rotatable bonds is 8. The van der Waals surface area contributed by atoms with Gasteiger partial charge in [-0.1, -0.05) is 6.07 Å². The first-order valence-corrected chi connectivity index (χ1v) is 17.2. The van der Waals surface area contributed by atoms with Gasteiger partial charge in [-0.05, 0) is 153 Å². The van der Waals surface area contributed by atoms with E-state index in [2.05, 4.69) is 112 Å². The molecule has 0 atom stereocenters. The SMILES string of the molecule is Cc1cc(-c2ccc(CN(c3ccc4c(c3)OCO4)C3CCN(Cc4ccnc(-c5cc(C)c(C)c(C)c5)c4)CC3)cn2)cc(C)c1C. The highest BCUT2D eigenvalue weighted by molar-refractivity contribution is 5.64.